The van der Waals surface area contributed by atoms with Crippen LogP contribution in [-0.4, -0.2) is 32.8 Å². The number of methoxy groups -OCH3 is 1. The van der Waals surface area contributed by atoms with Gasteiger partial charge >= 0.3 is 0 Å². The molecule has 0 bridgehead atoms. The lowest BCUT2D eigenvalue weighted by molar-refractivity contribution is 0.102. The number of hydrogen-bond acceptors (Lipinski definition) is 6. The van der Waals surface area contributed by atoms with Crippen LogP contribution in [0, 0.1) is 0 Å². The first-order valence-corrected chi connectivity index (χ1v) is 9.68. The van der Waals surface area contributed by atoms with Crippen molar-refractivity contribution in [1.29, 1.82) is 0 Å². The minimum atomic E-state index is -0.236. The van der Waals surface area contributed by atoms with Gasteiger partial charge in [0.05, 0.1) is 46.7 Å². The van der Waals surface area contributed by atoms with Crippen LogP contribution in [0.25, 0.3) is 21.6 Å². The van der Waals surface area contributed by atoms with Gasteiger partial charge in [-0.1, -0.05) is 6.07 Å². The number of pyridine rings is 2. The summed E-state index contributed by atoms with van der Waals surface area (Å²) < 4.78 is 6.89. The number of nitrogens with one attached hydrogen (secondary N) is 1. The Morgan fingerprint density at radius 3 is 2.75 bits per heavy atom. The van der Waals surface area contributed by atoms with Gasteiger partial charge in [0, 0.05) is 12.1 Å². The molecule has 4 heterocycles. The maximum absolute atomic E-state index is 13.1. The van der Waals surface area contributed by atoms with E-state index < -0.39 is 0 Å². The van der Waals surface area contributed by atoms with Gasteiger partial charge in [0.15, 0.2) is 5.65 Å². The molecule has 7 nitrogen and oxygen atoms in total. The lowest BCUT2D eigenvalue weighted by Gasteiger charge is -2.10. The maximum atomic E-state index is 13.1. The zero-order chi connectivity index (χ0) is 19.7. The van der Waals surface area contributed by atoms with Crippen LogP contribution in [0.15, 0.2) is 48.1 Å². The van der Waals surface area contributed by atoms with Gasteiger partial charge in [-0.15, -0.1) is 11.3 Å². The molecule has 0 saturated heterocycles. The molecule has 4 aromatic heterocycles. The standard InChI is InChI=1S/C20H19N5O2S/c1-12(2)25-19-15(11-22-25)14(9-16(24-19)17-5-4-8-28-17)20(26)23-13-6-7-18(27-3)21-10-13/h4-12H,1-3H3,(H,23,26). The third kappa shape index (κ3) is 3.34. The van der Waals surface area contributed by atoms with Gasteiger partial charge in [-0.25, -0.2) is 14.6 Å². The average molecular weight is 393 g/mol. The highest BCUT2D eigenvalue weighted by atomic mass is 32.1. The molecule has 0 aliphatic rings. The van der Waals surface area contributed by atoms with E-state index in [1.165, 1.54) is 0 Å². The van der Waals surface area contributed by atoms with Crippen LogP contribution in [0.4, 0.5) is 5.69 Å². The molecule has 0 spiro atoms. The van der Waals surface area contributed by atoms with Crippen LogP contribution in [0.5, 0.6) is 5.88 Å². The molecule has 8 heteroatoms. The Morgan fingerprint density at radius 2 is 2.11 bits per heavy atom. The number of carbonyl (C=O) groups excluding carboxylic acids is 1. The number of carbonyl (C=O) groups is 1. The van der Waals surface area contributed by atoms with E-state index in [-0.39, 0.29) is 11.9 Å². The minimum Gasteiger partial charge on any atom is -0.481 e. The topological polar surface area (TPSA) is 81.9 Å². The van der Waals surface area contributed by atoms with Crippen molar-refractivity contribution in [1.82, 2.24) is 19.7 Å². The van der Waals surface area contributed by atoms with Crippen LogP contribution in [0.1, 0.15) is 30.2 Å². The van der Waals surface area contributed by atoms with E-state index in [1.807, 2.05) is 42.1 Å². The fourth-order valence-corrected chi connectivity index (χ4v) is 3.59. The zero-order valence-corrected chi connectivity index (χ0v) is 16.5. The Morgan fingerprint density at radius 1 is 1.25 bits per heavy atom. The van der Waals surface area contributed by atoms with E-state index in [1.54, 1.807) is 43.0 Å². The summed E-state index contributed by atoms with van der Waals surface area (Å²) in [5.41, 5.74) is 2.56. The third-order valence-electron chi connectivity index (χ3n) is 4.28. The fourth-order valence-electron chi connectivity index (χ4n) is 2.91. The Balaban J connectivity index is 1.78. The molecule has 1 N–H and O–H groups in total. The Kier molecular flexibility index (Phi) is 4.79. The van der Waals surface area contributed by atoms with Gasteiger partial charge in [-0.3, -0.25) is 4.79 Å². The van der Waals surface area contributed by atoms with Crippen molar-refractivity contribution in [3.8, 4) is 16.5 Å². The maximum Gasteiger partial charge on any atom is 0.256 e. The quantitative estimate of drug-likeness (QED) is 0.544. The molecule has 0 radical (unpaired) electrons. The normalized spacial score (nSPS) is 11.1. The summed E-state index contributed by atoms with van der Waals surface area (Å²) in [6.45, 7) is 4.07. The van der Waals surface area contributed by atoms with Gasteiger partial charge in [-0.2, -0.15) is 5.10 Å². The van der Waals surface area contributed by atoms with Crippen LogP contribution in [0.3, 0.4) is 0 Å². The lowest BCUT2D eigenvalue weighted by atomic mass is 10.1. The van der Waals surface area contributed by atoms with E-state index in [2.05, 4.69) is 15.4 Å². The molecule has 0 fully saturated rings. The number of nitrogens with zero attached hydrogens (tertiary/aromatic N) is 4. The van der Waals surface area contributed by atoms with Crippen molar-refractivity contribution in [2.45, 2.75) is 19.9 Å². The number of fused-ring (bicyclic) bond motifs is 1. The van der Waals surface area contributed by atoms with E-state index >= 15 is 0 Å². The molecule has 0 saturated carbocycles. The van der Waals surface area contributed by atoms with Crippen molar-refractivity contribution in [3.63, 3.8) is 0 Å². The summed E-state index contributed by atoms with van der Waals surface area (Å²) in [5.74, 6) is 0.253. The molecule has 0 aromatic carbocycles. The van der Waals surface area contributed by atoms with E-state index in [0.29, 0.717) is 28.2 Å². The number of rotatable bonds is 5. The molecule has 0 atom stereocenters. The van der Waals surface area contributed by atoms with Crippen LogP contribution < -0.4 is 10.1 Å². The first kappa shape index (κ1) is 18.1. The number of aromatic nitrogens is 4. The molecular formula is C20H19N5O2S. The van der Waals surface area contributed by atoms with E-state index in [0.717, 1.165) is 10.6 Å². The zero-order valence-electron chi connectivity index (χ0n) is 15.7. The van der Waals surface area contributed by atoms with Crippen molar-refractivity contribution in [2.75, 3.05) is 12.4 Å². The number of ether oxygens (including phenoxy) is 1. The predicted molar refractivity (Wildman–Crippen MR) is 110 cm³/mol. The summed E-state index contributed by atoms with van der Waals surface area (Å²) in [4.78, 5) is 23.0. The van der Waals surface area contributed by atoms with E-state index in [9.17, 15) is 4.79 Å². The monoisotopic (exact) mass is 393 g/mol. The molecule has 28 heavy (non-hydrogen) atoms. The number of anilines is 1. The van der Waals surface area contributed by atoms with Crippen molar-refractivity contribution >= 4 is 34.0 Å². The molecule has 142 valence electrons. The summed E-state index contributed by atoms with van der Waals surface area (Å²) in [7, 11) is 1.55. The largest absolute Gasteiger partial charge is 0.481 e. The summed E-state index contributed by atoms with van der Waals surface area (Å²) in [6, 6.07) is 9.35. The third-order valence-corrected chi connectivity index (χ3v) is 5.17. The van der Waals surface area contributed by atoms with Crippen LogP contribution in [-0.2, 0) is 0 Å². The van der Waals surface area contributed by atoms with Gasteiger partial charge in [0.1, 0.15) is 0 Å². The second kappa shape index (κ2) is 7.40. The van der Waals surface area contributed by atoms with Gasteiger partial charge < -0.3 is 10.1 Å². The van der Waals surface area contributed by atoms with E-state index in [4.69, 9.17) is 9.72 Å². The molecule has 4 rings (SSSR count). The molecular weight excluding hydrogens is 374 g/mol. The number of hydrogen-bond donors (Lipinski definition) is 1. The molecule has 4 aromatic rings. The lowest BCUT2D eigenvalue weighted by Crippen LogP contribution is -2.13. The Hall–Kier alpha value is -3.26. The average Bonchev–Trinajstić information content (AvgIpc) is 3.37. The second-order valence-electron chi connectivity index (χ2n) is 6.50. The van der Waals surface area contributed by atoms with Gasteiger partial charge in [0.25, 0.3) is 5.91 Å². The molecule has 1 amide bonds. The van der Waals surface area contributed by atoms with Crippen LogP contribution in [0.2, 0.25) is 0 Å². The summed E-state index contributed by atoms with van der Waals surface area (Å²) >= 11 is 1.58. The number of thiophene rings is 1. The summed E-state index contributed by atoms with van der Waals surface area (Å²) in [5, 5.41) is 10.0. The highest BCUT2D eigenvalue weighted by Crippen LogP contribution is 2.29. The summed E-state index contributed by atoms with van der Waals surface area (Å²) in [6.07, 6.45) is 3.26. The van der Waals surface area contributed by atoms with Crippen molar-refractivity contribution in [3.05, 3.63) is 53.7 Å². The smallest absolute Gasteiger partial charge is 0.256 e. The van der Waals surface area contributed by atoms with Crippen LogP contribution >= 0.6 is 11.3 Å². The predicted octanol–water partition coefficient (Wildman–Crippen LogP) is 4.40. The van der Waals surface area contributed by atoms with Crippen molar-refractivity contribution in [2.24, 2.45) is 0 Å². The number of amides is 1. The first-order valence-electron chi connectivity index (χ1n) is 8.80. The molecule has 0 unspecified atom stereocenters. The highest BCUT2D eigenvalue weighted by Gasteiger charge is 2.19. The Labute approximate surface area is 166 Å². The molecule has 0 aliphatic heterocycles. The Bertz CT molecular complexity index is 1120. The highest BCUT2D eigenvalue weighted by molar-refractivity contribution is 7.13. The SMILES string of the molecule is COc1ccc(NC(=O)c2cc(-c3cccs3)nc3c2cnn3C(C)C)cn1. The second-order valence-corrected chi connectivity index (χ2v) is 7.44. The van der Waals surface area contributed by atoms with Crippen molar-refractivity contribution < 1.29 is 9.53 Å². The van der Waals surface area contributed by atoms with Gasteiger partial charge in [-0.05, 0) is 37.4 Å². The fraction of sp³-hybridized carbons (Fsp3) is 0.200. The minimum absolute atomic E-state index is 0.130. The molecule has 0 aliphatic carbocycles. The van der Waals surface area contributed by atoms with Gasteiger partial charge in [0.2, 0.25) is 5.88 Å². The first-order chi connectivity index (χ1) is 13.6.